The van der Waals surface area contributed by atoms with Gasteiger partial charge in [0.05, 0.1) is 12.2 Å². The van der Waals surface area contributed by atoms with Crippen LogP contribution in [0.15, 0.2) is 29.0 Å². The van der Waals surface area contributed by atoms with Crippen LogP contribution in [0.1, 0.15) is 30.0 Å². The molecular weight excluding hydrogens is 246 g/mol. The summed E-state index contributed by atoms with van der Waals surface area (Å²) in [6, 6.07) is 5.53. The summed E-state index contributed by atoms with van der Waals surface area (Å²) in [5.74, 6) is -0.323. The Morgan fingerprint density at radius 2 is 2.21 bits per heavy atom. The highest BCUT2D eigenvalue weighted by molar-refractivity contribution is 5.96. The van der Waals surface area contributed by atoms with E-state index in [-0.39, 0.29) is 23.5 Å². The molecule has 2 heterocycles. The van der Waals surface area contributed by atoms with Gasteiger partial charge in [-0.1, -0.05) is 6.07 Å². The lowest BCUT2D eigenvalue weighted by Crippen LogP contribution is -2.37. The van der Waals surface area contributed by atoms with Crippen molar-refractivity contribution in [2.75, 3.05) is 5.73 Å². The summed E-state index contributed by atoms with van der Waals surface area (Å²) >= 11 is 0. The molecule has 2 aromatic heterocycles. The Morgan fingerprint density at radius 1 is 1.42 bits per heavy atom. The normalized spacial score (nSPS) is 10.7. The maximum absolute atomic E-state index is 12.3. The minimum atomic E-state index is -0.320. The maximum Gasteiger partial charge on any atom is 0.280 e. The zero-order valence-corrected chi connectivity index (χ0v) is 10.8. The number of carbonyl (C=O) groups excluding carboxylic acids is 1. The highest BCUT2D eigenvalue weighted by Gasteiger charge is 2.25. The Morgan fingerprint density at radius 3 is 2.74 bits per heavy atom. The van der Waals surface area contributed by atoms with E-state index in [1.54, 1.807) is 11.1 Å². The smallest absolute Gasteiger partial charge is 0.280 e. The molecule has 2 N–H and O–H groups in total. The molecular formula is C12H15N5O2. The first-order valence-corrected chi connectivity index (χ1v) is 5.88. The fourth-order valence-electron chi connectivity index (χ4n) is 1.63. The molecule has 100 valence electrons. The summed E-state index contributed by atoms with van der Waals surface area (Å²) in [4.78, 5) is 18.1. The Labute approximate surface area is 110 Å². The molecule has 0 aromatic carbocycles. The third kappa shape index (κ3) is 2.87. The molecule has 0 atom stereocenters. The lowest BCUT2D eigenvalue weighted by Gasteiger charge is -2.25. The molecule has 0 radical (unpaired) electrons. The monoisotopic (exact) mass is 261 g/mol. The average Bonchev–Trinajstić information content (AvgIpc) is 2.82. The van der Waals surface area contributed by atoms with E-state index in [9.17, 15) is 4.79 Å². The van der Waals surface area contributed by atoms with Crippen molar-refractivity contribution in [3.8, 4) is 0 Å². The van der Waals surface area contributed by atoms with Gasteiger partial charge in [0.25, 0.3) is 5.91 Å². The zero-order chi connectivity index (χ0) is 13.8. The van der Waals surface area contributed by atoms with Crippen molar-refractivity contribution < 1.29 is 9.42 Å². The van der Waals surface area contributed by atoms with Crippen molar-refractivity contribution in [2.45, 2.75) is 26.4 Å². The lowest BCUT2D eigenvalue weighted by molar-refractivity contribution is 0.0677. The summed E-state index contributed by atoms with van der Waals surface area (Å²) in [6.07, 6.45) is 1.68. The van der Waals surface area contributed by atoms with E-state index in [4.69, 9.17) is 5.73 Å². The van der Waals surface area contributed by atoms with E-state index >= 15 is 0 Å². The van der Waals surface area contributed by atoms with Crippen LogP contribution in [0, 0.1) is 0 Å². The van der Waals surface area contributed by atoms with E-state index in [0.29, 0.717) is 6.54 Å². The van der Waals surface area contributed by atoms with Crippen molar-refractivity contribution >= 4 is 11.7 Å². The van der Waals surface area contributed by atoms with Gasteiger partial charge in [-0.15, -0.1) is 0 Å². The van der Waals surface area contributed by atoms with Gasteiger partial charge in [-0.05, 0) is 36.3 Å². The summed E-state index contributed by atoms with van der Waals surface area (Å²) in [5.41, 5.74) is 6.37. The highest BCUT2D eigenvalue weighted by atomic mass is 16.6. The molecule has 0 spiro atoms. The van der Waals surface area contributed by atoms with E-state index in [1.807, 2.05) is 32.0 Å². The maximum atomic E-state index is 12.3. The molecule has 1 amide bonds. The van der Waals surface area contributed by atoms with Gasteiger partial charge in [0, 0.05) is 12.2 Å². The number of rotatable bonds is 4. The second kappa shape index (κ2) is 5.47. The topological polar surface area (TPSA) is 98.1 Å². The molecule has 0 bridgehead atoms. The number of nitrogens with zero attached hydrogens (tertiary/aromatic N) is 4. The van der Waals surface area contributed by atoms with E-state index < -0.39 is 0 Å². The van der Waals surface area contributed by atoms with E-state index in [1.165, 1.54) is 0 Å². The fraction of sp³-hybridized carbons (Fsp3) is 0.333. The quantitative estimate of drug-likeness (QED) is 0.884. The fourth-order valence-corrected chi connectivity index (χ4v) is 1.63. The van der Waals surface area contributed by atoms with Crippen molar-refractivity contribution in [1.82, 2.24) is 20.2 Å². The standard InChI is InChI=1S/C12H15N5O2/c1-8(2)17(7-9-5-3-4-6-14-9)12(18)10-11(13)16-19-15-10/h3-6,8H,7H2,1-2H3,(H2,13,16). The predicted molar refractivity (Wildman–Crippen MR) is 68.0 cm³/mol. The number of pyridine rings is 1. The lowest BCUT2D eigenvalue weighted by atomic mass is 10.2. The Balaban J connectivity index is 2.22. The van der Waals surface area contributed by atoms with Gasteiger partial charge in [0.1, 0.15) is 0 Å². The number of hydrogen-bond donors (Lipinski definition) is 1. The predicted octanol–water partition coefficient (Wildman–Crippen LogP) is 1.10. The van der Waals surface area contributed by atoms with E-state index in [0.717, 1.165) is 5.69 Å². The first kappa shape index (κ1) is 13.0. The van der Waals surface area contributed by atoms with Crippen LogP contribution in [-0.2, 0) is 6.54 Å². The van der Waals surface area contributed by atoms with Gasteiger partial charge < -0.3 is 10.6 Å². The van der Waals surface area contributed by atoms with Crippen LogP contribution in [0.4, 0.5) is 5.82 Å². The number of amides is 1. The van der Waals surface area contributed by atoms with Gasteiger partial charge in [-0.25, -0.2) is 4.63 Å². The summed E-state index contributed by atoms with van der Waals surface area (Å²) < 4.78 is 4.46. The average molecular weight is 261 g/mol. The van der Waals surface area contributed by atoms with Crippen LogP contribution in [0.3, 0.4) is 0 Å². The summed E-state index contributed by atoms with van der Waals surface area (Å²) in [6.45, 7) is 4.19. The minimum absolute atomic E-state index is 0.00308. The van der Waals surface area contributed by atoms with Crippen LogP contribution in [-0.4, -0.2) is 32.1 Å². The van der Waals surface area contributed by atoms with Gasteiger partial charge in [-0.2, -0.15) is 0 Å². The number of nitrogen functional groups attached to an aromatic ring is 1. The first-order chi connectivity index (χ1) is 9.09. The van der Waals surface area contributed by atoms with Crippen molar-refractivity contribution in [3.63, 3.8) is 0 Å². The molecule has 7 heteroatoms. The molecule has 0 fully saturated rings. The number of nitrogens with two attached hydrogens (primary N) is 1. The molecule has 7 nitrogen and oxygen atoms in total. The van der Waals surface area contributed by atoms with Gasteiger partial charge >= 0.3 is 0 Å². The van der Waals surface area contributed by atoms with Crippen molar-refractivity contribution in [2.24, 2.45) is 0 Å². The van der Waals surface area contributed by atoms with Gasteiger partial charge in [0.15, 0.2) is 0 Å². The number of hydrogen-bond acceptors (Lipinski definition) is 6. The minimum Gasteiger partial charge on any atom is -0.379 e. The molecule has 0 saturated heterocycles. The molecule has 19 heavy (non-hydrogen) atoms. The molecule has 0 aliphatic heterocycles. The van der Waals surface area contributed by atoms with Crippen molar-refractivity contribution in [3.05, 3.63) is 35.8 Å². The second-order valence-corrected chi connectivity index (χ2v) is 4.35. The van der Waals surface area contributed by atoms with Crippen LogP contribution in [0.25, 0.3) is 0 Å². The highest BCUT2D eigenvalue weighted by Crippen LogP contribution is 2.14. The van der Waals surface area contributed by atoms with Crippen LogP contribution in [0.2, 0.25) is 0 Å². The van der Waals surface area contributed by atoms with E-state index in [2.05, 4.69) is 19.9 Å². The first-order valence-electron chi connectivity index (χ1n) is 5.88. The number of carbonyl (C=O) groups is 1. The Hall–Kier alpha value is -2.44. The molecule has 2 aromatic rings. The van der Waals surface area contributed by atoms with Crippen molar-refractivity contribution in [1.29, 1.82) is 0 Å². The zero-order valence-electron chi connectivity index (χ0n) is 10.8. The Kier molecular flexibility index (Phi) is 3.74. The molecule has 0 aliphatic rings. The molecule has 2 rings (SSSR count). The van der Waals surface area contributed by atoms with Crippen LogP contribution in [0.5, 0.6) is 0 Å². The van der Waals surface area contributed by atoms with Gasteiger partial charge in [0.2, 0.25) is 11.5 Å². The Bertz CT molecular complexity index is 552. The van der Waals surface area contributed by atoms with Crippen LogP contribution >= 0.6 is 0 Å². The van der Waals surface area contributed by atoms with Crippen LogP contribution < -0.4 is 5.73 Å². The second-order valence-electron chi connectivity index (χ2n) is 4.35. The summed E-state index contributed by atoms with van der Waals surface area (Å²) in [7, 11) is 0. The number of aromatic nitrogens is 3. The molecule has 0 aliphatic carbocycles. The number of anilines is 1. The third-order valence-electron chi connectivity index (χ3n) is 2.66. The SMILES string of the molecule is CC(C)N(Cc1ccccn1)C(=O)c1nonc1N. The molecule has 0 unspecified atom stereocenters. The van der Waals surface area contributed by atoms with Gasteiger partial charge in [-0.3, -0.25) is 9.78 Å². The summed E-state index contributed by atoms with van der Waals surface area (Å²) in [5, 5.41) is 6.95. The largest absolute Gasteiger partial charge is 0.379 e. The molecule has 0 saturated carbocycles. The third-order valence-corrected chi connectivity index (χ3v) is 2.66.